The van der Waals surface area contributed by atoms with Gasteiger partial charge in [0.05, 0.1) is 0 Å². The molecule has 1 heterocycles. The van der Waals surface area contributed by atoms with Crippen molar-refractivity contribution in [2.24, 2.45) is 0 Å². The molecule has 2 N–H and O–H groups in total. The van der Waals surface area contributed by atoms with Crippen LogP contribution in [0.15, 0.2) is 35.9 Å². The molecule has 3 heteroatoms. The van der Waals surface area contributed by atoms with Gasteiger partial charge in [0.15, 0.2) is 0 Å². The van der Waals surface area contributed by atoms with Crippen molar-refractivity contribution >= 4 is 17.1 Å². The third-order valence-electron chi connectivity index (χ3n) is 5.89. The Balaban J connectivity index is 1.83. The van der Waals surface area contributed by atoms with Crippen LogP contribution >= 0.6 is 0 Å². The summed E-state index contributed by atoms with van der Waals surface area (Å²) in [4.78, 5) is 4.86. The number of rotatable bonds is 6. The minimum absolute atomic E-state index is 0.574. The largest absolute Gasteiger partial charge is 0.340 e. The molecule has 0 saturated heterocycles. The van der Waals surface area contributed by atoms with Crippen molar-refractivity contribution in [3.63, 3.8) is 0 Å². The standard InChI is InChI=1S/C24H33N3/c1-6-18-9-11-21(14-19(18)7-2)27-24-13-12-22(17(4)26-24)23-15-20(25-5)10-8-16(23)3/h9,11-14,20,25H,6-8,10,15H2,1-5H3,(H,26,27). The zero-order valence-electron chi connectivity index (χ0n) is 17.4. The number of allylic oxidation sites excluding steroid dienone is 1. The maximum atomic E-state index is 4.86. The second kappa shape index (κ2) is 8.71. The summed E-state index contributed by atoms with van der Waals surface area (Å²) in [5, 5.41) is 6.93. The van der Waals surface area contributed by atoms with Gasteiger partial charge in [-0.05, 0) is 99.5 Å². The quantitative estimate of drug-likeness (QED) is 0.680. The lowest BCUT2D eigenvalue weighted by atomic mass is 9.85. The maximum Gasteiger partial charge on any atom is 0.130 e. The summed E-state index contributed by atoms with van der Waals surface area (Å²) in [6.07, 6.45) is 5.63. The number of aromatic nitrogens is 1. The van der Waals surface area contributed by atoms with Crippen LogP contribution in [0.25, 0.3) is 5.57 Å². The van der Waals surface area contributed by atoms with E-state index in [-0.39, 0.29) is 0 Å². The minimum Gasteiger partial charge on any atom is -0.340 e. The average molecular weight is 364 g/mol. The first kappa shape index (κ1) is 19.6. The average Bonchev–Trinajstić information content (AvgIpc) is 2.69. The van der Waals surface area contributed by atoms with Crippen LogP contribution in [-0.4, -0.2) is 18.1 Å². The molecule has 0 amide bonds. The number of aryl methyl sites for hydroxylation is 3. The van der Waals surface area contributed by atoms with Crippen LogP contribution in [-0.2, 0) is 12.8 Å². The highest BCUT2D eigenvalue weighted by molar-refractivity contribution is 5.72. The molecule has 0 aliphatic heterocycles. The summed E-state index contributed by atoms with van der Waals surface area (Å²) in [5.74, 6) is 0.918. The second-order valence-electron chi connectivity index (χ2n) is 7.63. The van der Waals surface area contributed by atoms with Crippen molar-refractivity contribution in [3.8, 4) is 0 Å². The molecular formula is C24H33N3. The summed E-state index contributed by atoms with van der Waals surface area (Å²) in [5.41, 5.74) is 9.35. The molecular weight excluding hydrogens is 330 g/mol. The zero-order chi connectivity index (χ0) is 19.4. The zero-order valence-corrected chi connectivity index (χ0v) is 17.4. The van der Waals surface area contributed by atoms with E-state index in [2.05, 4.69) is 75.7 Å². The molecule has 3 nitrogen and oxygen atoms in total. The molecule has 0 radical (unpaired) electrons. The smallest absolute Gasteiger partial charge is 0.130 e. The summed E-state index contributed by atoms with van der Waals surface area (Å²) >= 11 is 0. The molecule has 3 rings (SSSR count). The number of benzene rings is 1. The van der Waals surface area contributed by atoms with Crippen LogP contribution in [0.2, 0.25) is 0 Å². The Morgan fingerprint density at radius 1 is 1.04 bits per heavy atom. The van der Waals surface area contributed by atoms with Gasteiger partial charge in [-0.25, -0.2) is 4.98 Å². The summed E-state index contributed by atoms with van der Waals surface area (Å²) in [6.45, 7) is 8.83. The van der Waals surface area contributed by atoms with Crippen molar-refractivity contribution in [1.82, 2.24) is 10.3 Å². The lowest BCUT2D eigenvalue weighted by Gasteiger charge is -2.26. The number of pyridine rings is 1. The number of nitrogens with one attached hydrogen (secondary N) is 2. The molecule has 1 aromatic heterocycles. The first-order valence-electron chi connectivity index (χ1n) is 10.3. The molecule has 0 fully saturated rings. The number of hydrogen-bond donors (Lipinski definition) is 2. The Bertz CT molecular complexity index is 836. The van der Waals surface area contributed by atoms with E-state index in [1.54, 1.807) is 0 Å². The fourth-order valence-electron chi connectivity index (χ4n) is 4.13. The Labute approximate surface area is 164 Å². The van der Waals surface area contributed by atoms with Crippen LogP contribution in [0.4, 0.5) is 11.5 Å². The number of hydrogen-bond acceptors (Lipinski definition) is 3. The SMILES string of the molecule is CCc1ccc(Nc2ccc(C3=C(C)CCC(NC)C3)c(C)n2)cc1CC. The maximum absolute atomic E-state index is 4.86. The highest BCUT2D eigenvalue weighted by Gasteiger charge is 2.20. The van der Waals surface area contributed by atoms with Crippen molar-refractivity contribution in [1.29, 1.82) is 0 Å². The van der Waals surface area contributed by atoms with Gasteiger partial charge in [0.2, 0.25) is 0 Å². The van der Waals surface area contributed by atoms with Gasteiger partial charge >= 0.3 is 0 Å². The van der Waals surface area contributed by atoms with E-state index in [1.165, 1.54) is 40.7 Å². The number of anilines is 2. The Morgan fingerprint density at radius 3 is 2.48 bits per heavy atom. The van der Waals surface area contributed by atoms with Gasteiger partial charge in [-0.15, -0.1) is 0 Å². The van der Waals surface area contributed by atoms with Crippen LogP contribution in [0.1, 0.15) is 62.4 Å². The lowest BCUT2D eigenvalue weighted by Crippen LogP contribution is -2.28. The molecule has 0 spiro atoms. The van der Waals surface area contributed by atoms with Gasteiger partial charge in [-0.2, -0.15) is 0 Å². The molecule has 0 bridgehead atoms. The van der Waals surface area contributed by atoms with Gasteiger partial charge in [-0.3, -0.25) is 0 Å². The number of nitrogens with zero attached hydrogens (tertiary/aromatic N) is 1. The summed E-state index contributed by atoms with van der Waals surface area (Å²) < 4.78 is 0. The second-order valence-corrected chi connectivity index (χ2v) is 7.63. The normalized spacial score (nSPS) is 17.3. The van der Waals surface area contributed by atoms with Crippen molar-refractivity contribution in [2.75, 3.05) is 12.4 Å². The van der Waals surface area contributed by atoms with Crippen molar-refractivity contribution in [3.05, 3.63) is 58.3 Å². The van der Waals surface area contributed by atoms with Crippen molar-refractivity contribution in [2.45, 2.75) is 65.8 Å². The van der Waals surface area contributed by atoms with Crippen LogP contribution in [0, 0.1) is 6.92 Å². The third-order valence-corrected chi connectivity index (χ3v) is 5.89. The Kier molecular flexibility index (Phi) is 6.33. The molecule has 1 aromatic carbocycles. The van der Waals surface area contributed by atoms with Gasteiger partial charge in [0, 0.05) is 17.4 Å². The van der Waals surface area contributed by atoms with Gasteiger partial charge in [0.1, 0.15) is 5.82 Å². The van der Waals surface area contributed by atoms with E-state index in [1.807, 2.05) is 0 Å². The highest BCUT2D eigenvalue weighted by atomic mass is 15.0. The highest BCUT2D eigenvalue weighted by Crippen LogP contribution is 2.34. The Hall–Kier alpha value is -2.13. The van der Waals surface area contributed by atoms with E-state index >= 15 is 0 Å². The molecule has 2 aromatic rings. The van der Waals surface area contributed by atoms with Gasteiger partial charge < -0.3 is 10.6 Å². The molecule has 1 atom stereocenters. The van der Waals surface area contributed by atoms with Crippen LogP contribution < -0.4 is 10.6 Å². The monoisotopic (exact) mass is 363 g/mol. The third kappa shape index (κ3) is 4.41. The Morgan fingerprint density at radius 2 is 1.81 bits per heavy atom. The van der Waals surface area contributed by atoms with E-state index in [9.17, 15) is 0 Å². The van der Waals surface area contributed by atoms with Crippen LogP contribution in [0.5, 0.6) is 0 Å². The predicted molar refractivity (Wildman–Crippen MR) is 117 cm³/mol. The first-order chi connectivity index (χ1) is 13.0. The molecule has 1 aliphatic rings. The fraction of sp³-hybridized carbons (Fsp3) is 0.458. The lowest BCUT2D eigenvalue weighted by molar-refractivity contribution is 0.515. The molecule has 1 unspecified atom stereocenters. The predicted octanol–water partition coefficient (Wildman–Crippen LogP) is 5.80. The summed E-state index contributed by atoms with van der Waals surface area (Å²) in [7, 11) is 2.06. The minimum atomic E-state index is 0.574. The fourth-order valence-corrected chi connectivity index (χ4v) is 4.13. The first-order valence-corrected chi connectivity index (χ1v) is 10.3. The van der Waals surface area contributed by atoms with E-state index < -0.39 is 0 Å². The molecule has 27 heavy (non-hydrogen) atoms. The van der Waals surface area contributed by atoms with Crippen molar-refractivity contribution < 1.29 is 0 Å². The van der Waals surface area contributed by atoms with Gasteiger partial charge in [-0.1, -0.05) is 25.5 Å². The van der Waals surface area contributed by atoms with Crippen LogP contribution in [0.3, 0.4) is 0 Å². The topological polar surface area (TPSA) is 37.0 Å². The molecule has 0 saturated carbocycles. The summed E-state index contributed by atoms with van der Waals surface area (Å²) in [6, 6.07) is 11.6. The van der Waals surface area contributed by atoms with E-state index in [0.29, 0.717) is 6.04 Å². The van der Waals surface area contributed by atoms with E-state index in [4.69, 9.17) is 4.98 Å². The molecule has 144 valence electrons. The molecule has 1 aliphatic carbocycles. The van der Waals surface area contributed by atoms with E-state index in [0.717, 1.165) is 36.5 Å². The van der Waals surface area contributed by atoms with Gasteiger partial charge in [0.25, 0.3) is 0 Å².